The highest BCUT2D eigenvalue weighted by molar-refractivity contribution is 7.07. The number of rotatable bonds is 5. The van der Waals surface area contributed by atoms with Crippen LogP contribution in [0.3, 0.4) is 0 Å². The molecule has 1 aliphatic carbocycles. The van der Waals surface area contributed by atoms with E-state index in [1.807, 2.05) is 66.7 Å². The molecule has 3 nitrogen and oxygen atoms in total. The summed E-state index contributed by atoms with van der Waals surface area (Å²) < 4.78 is 6.75. The number of oxime groups is 1. The molecule has 184 valence electrons. The van der Waals surface area contributed by atoms with Gasteiger partial charge >= 0.3 is 8.32 Å². The number of benzene rings is 3. The molecule has 0 atom stereocenters. The van der Waals surface area contributed by atoms with E-state index in [2.05, 4.69) is 77.9 Å². The van der Waals surface area contributed by atoms with Gasteiger partial charge in [0, 0.05) is 5.57 Å². The van der Waals surface area contributed by atoms with Gasteiger partial charge in [-0.1, -0.05) is 144 Å². The molecule has 0 saturated heterocycles. The van der Waals surface area contributed by atoms with Crippen molar-refractivity contribution in [1.82, 2.24) is 0 Å². The molecule has 4 rings (SSSR count). The fourth-order valence-electron chi connectivity index (χ4n) is 4.47. The highest BCUT2D eigenvalue weighted by atomic mass is 28.4. The van der Waals surface area contributed by atoms with Crippen molar-refractivity contribution in [3.63, 3.8) is 0 Å². The number of ketones is 1. The van der Waals surface area contributed by atoms with Crippen LogP contribution in [0.2, 0.25) is 0 Å². The van der Waals surface area contributed by atoms with E-state index in [4.69, 9.17) is 9.68 Å². The van der Waals surface area contributed by atoms with Gasteiger partial charge in [0.05, 0.1) is 0 Å². The lowest BCUT2D eigenvalue weighted by Crippen LogP contribution is -2.68. The lowest BCUT2D eigenvalue weighted by Gasteiger charge is -2.32. The predicted octanol–water partition coefficient (Wildman–Crippen LogP) is 5.55. The van der Waals surface area contributed by atoms with Crippen LogP contribution in [0.25, 0.3) is 0 Å². The molecule has 0 amide bonds. The molecule has 0 fully saturated rings. The second-order valence-electron chi connectivity index (χ2n) is 11.3. The molecule has 3 aromatic rings. The fraction of sp³-hybridized carbons (Fsp3) is 0.250. The van der Waals surface area contributed by atoms with Gasteiger partial charge in [-0.2, -0.15) is 0 Å². The van der Waals surface area contributed by atoms with Crippen molar-refractivity contribution in [3.05, 3.63) is 114 Å². The van der Waals surface area contributed by atoms with E-state index >= 15 is 0 Å². The minimum absolute atomic E-state index is 0.0763. The summed E-state index contributed by atoms with van der Waals surface area (Å²) >= 11 is 0. The smallest absolute Gasteiger partial charge is 0.380 e. The monoisotopic (exact) mass is 493 g/mol. The molecule has 0 saturated carbocycles. The number of carbonyl (C=O) groups excluding carboxylic acids is 1. The third-order valence-electron chi connectivity index (χ3n) is 6.57. The molecule has 0 bridgehead atoms. The van der Waals surface area contributed by atoms with Crippen LogP contribution in [0.1, 0.15) is 41.5 Å². The maximum absolute atomic E-state index is 13.7. The molecule has 1 aliphatic rings. The summed E-state index contributed by atoms with van der Waals surface area (Å²) in [6.45, 7) is 12.7. The Morgan fingerprint density at radius 2 is 1.03 bits per heavy atom. The summed E-state index contributed by atoms with van der Waals surface area (Å²) in [5.74, 6) is -0.0763. The van der Waals surface area contributed by atoms with E-state index < -0.39 is 8.32 Å². The highest BCUT2D eigenvalue weighted by Crippen LogP contribution is 2.36. The quantitative estimate of drug-likeness (QED) is 0.202. The largest absolute Gasteiger partial charge is 0.437 e. The average Bonchev–Trinajstić information content (AvgIpc) is 2.86. The lowest BCUT2D eigenvalue weighted by molar-refractivity contribution is -0.110. The molecule has 0 unspecified atom stereocenters. The summed E-state index contributed by atoms with van der Waals surface area (Å²) in [7, 11) is -3.06. The Kier molecular flexibility index (Phi) is 7.01. The van der Waals surface area contributed by atoms with Crippen molar-refractivity contribution in [3.8, 4) is 0 Å². The van der Waals surface area contributed by atoms with Gasteiger partial charge in [-0.05, 0) is 38.0 Å². The first-order valence-corrected chi connectivity index (χ1v) is 14.4. The number of allylic oxidation sites excluding steroid dienone is 4. The maximum atomic E-state index is 13.7. The van der Waals surface area contributed by atoms with Crippen LogP contribution in [0.4, 0.5) is 0 Å². The van der Waals surface area contributed by atoms with Crippen molar-refractivity contribution < 1.29 is 9.32 Å². The van der Waals surface area contributed by atoms with Crippen LogP contribution in [0, 0.1) is 10.8 Å². The second-order valence-corrected chi connectivity index (χ2v) is 14.6. The van der Waals surface area contributed by atoms with E-state index in [-0.39, 0.29) is 16.6 Å². The SMILES string of the molecule is CC(C)(C)C1=CC(=NO[Si](c2ccccc2)(c2ccccc2)c2ccccc2)C(=O)C(C(C)(C)C)=C1. The number of carbonyl (C=O) groups is 1. The summed E-state index contributed by atoms with van der Waals surface area (Å²) in [6.07, 6.45) is 3.94. The van der Waals surface area contributed by atoms with Gasteiger partial charge in [0.15, 0.2) is 0 Å². The predicted molar refractivity (Wildman–Crippen MR) is 153 cm³/mol. The highest BCUT2D eigenvalue weighted by Gasteiger charge is 2.45. The van der Waals surface area contributed by atoms with Gasteiger partial charge in [-0.25, -0.2) is 0 Å². The first-order valence-electron chi connectivity index (χ1n) is 12.5. The van der Waals surface area contributed by atoms with Crippen LogP contribution < -0.4 is 15.6 Å². The van der Waals surface area contributed by atoms with Crippen LogP contribution in [-0.2, 0) is 9.32 Å². The Balaban J connectivity index is 1.94. The fourth-order valence-corrected chi connectivity index (χ4v) is 8.00. The van der Waals surface area contributed by atoms with Gasteiger partial charge in [-0.15, -0.1) is 0 Å². The van der Waals surface area contributed by atoms with E-state index in [0.717, 1.165) is 26.7 Å². The van der Waals surface area contributed by atoms with Gasteiger partial charge in [0.25, 0.3) is 0 Å². The number of hydrogen-bond donors (Lipinski definition) is 0. The molecule has 0 N–H and O–H groups in total. The van der Waals surface area contributed by atoms with Crippen LogP contribution >= 0.6 is 0 Å². The molecular weight excluding hydrogens is 458 g/mol. The number of Topliss-reactive ketones (excluding diaryl/α,β-unsaturated/α-hetero) is 1. The standard InChI is InChI=1S/C32H35NO2Si/c1-31(2,3)24-22-28(32(4,5)6)30(34)29(23-24)33-35-36(25-16-10-7-11-17-25,26-18-12-8-13-19-26)27-20-14-9-15-21-27/h7-23H,1-6H3. The van der Waals surface area contributed by atoms with E-state index in [1.54, 1.807) is 0 Å². The summed E-state index contributed by atoms with van der Waals surface area (Å²) in [4.78, 5) is 13.7. The Bertz CT molecular complexity index is 1210. The molecule has 4 heteroatoms. The molecule has 3 aromatic carbocycles. The number of hydrogen-bond acceptors (Lipinski definition) is 3. The zero-order valence-electron chi connectivity index (χ0n) is 22.1. The number of nitrogens with zero attached hydrogens (tertiary/aromatic N) is 1. The van der Waals surface area contributed by atoms with Gasteiger partial charge in [0.2, 0.25) is 5.78 Å². The Morgan fingerprint density at radius 1 is 0.611 bits per heavy atom. The zero-order chi connectivity index (χ0) is 26.0. The molecule has 0 spiro atoms. The summed E-state index contributed by atoms with van der Waals surface area (Å²) in [6, 6.07) is 30.8. The van der Waals surface area contributed by atoms with Crippen LogP contribution in [0.15, 0.2) is 119 Å². The van der Waals surface area contributed by atoms with Crippen LogP contribution in [0.5, 0.6) is 0 Å². The molecule has 0 heterocycles. The second kappa shape index (κ2) is 9.86. The molecule has 0 aromatic heterocycles. The van der Waals surface area contributed by atoms with Gasteiger partial charge in [0.1, 0.15) is 5.71 Å². The topological polar surface area (TPSA) is 38.7 Å². The Hall–Kier alpha value is -3.50. The maximum Gasteiger partial charge on any atom is 0.380 e. The minimum Gasteiger partial charge on any atom is -0.437 e. The summed E-state index contributed by atoms with van der Waals surface area (Å²) in [5.41, 5.74) is 1.73. The van der Waals surface area contributed by atoms with Gasteiger partial charge in [-0.3, -0.25) is 4.79 Å². The van der Waals surface area contributed by atoms with Gasteiger partial charge < -0.3 is 4.53 Å². The van der Waals surface area contributed by atoms with Crippen molar-refractivity contribution in [1.29, 1.82) is 0 Å². The van der Waals surface area contributed by atoms with Crippen molar-refractivity contribution in [2.24, 2.45) is 16.0 Å². The molecule has 0 aliphatic heterocycles. The van der Waals surface area contributed by atoms with E-state index in [0.29, 0.717) is 5.71 Å². The first-order chi connectivity index (χ1) is 17.0. The minimum atomic E-state index is -3.06. The normalized spacial score (nSPS) is 15.9. The molecule has 0 radical (unpaired) electrons. The summed E-state index contributed by atoms with van der Waals surface area (Å²) in [5, 5.41) is 7.92. The van der Waals surface area contributed by atoms with E-state index in [9.17, 15) is 4.79 Å². The van der Waals surface area contributed by atoms with Crippen molar-refractivity contribution >= 4 is 35.4 Å². The zero-order valence-corrected chi connectivity index (χ0v) is 23.1. The average molecular weight is 494 g/mol. The van der Waals surface area contributed by atoms with Crippen molar-refractivity contribution in [2.45, 2.75) is 41.5 Å². The molecule has 36 heavy (non-hydrogen) atoms. The Labute approximate surface area is 216 Å². The van der Waals surface area contributed by atoms with E-state index in [1.165, 1.54) is 0 Å². The molecular formula is C32H35NO2Si. The van der Waals surface area contributed by atoms with Crippen LogP contribution in [-0.4, -0.2) is 19.8 Å². The third kappa shape index (κ3) is 5.05. The lowest BCUT2D eigenvalue weighted by atomic mass is 9.74. The Morgan fingerprint density at radius 3 is 1.39 bits per heavy atom. The first kappa shape index (κ1) is 25.6. The third-order valence-corrected chi connectivity index (χ3v) is 10.4. The van der Waals surface area contributed by atoms with Crippen molar-refractivity contribution in [2.75, 3.05) is 0 Å².